The molecule has 0 amide bonds. The van der Waals surface area contributed by atoms with Crippen LogP contribution in [0, 0.1) is 0 Å². The van der Waals surface area contributed by atoms with Crippen molar-refractivity contribution in [3.63, 3.8) is 0 Å². The molecule has 6 nitrogen and oxygen atoms in total. The molecule has 8 aromatic rings. The van der Waals surface area contributed by atoms with Gasteiger partial charge in [0.2, 0.25) is 11.4 Å². The second-order valence-corrected chi connectivity index (χ2v) is 17.6. The van der Waals surface area contributed by atoms with Crippen LogP contribution in [0.2, 0.25) is 0 Å². The number of anilines is 2. The normalized spacial score (nSPS) is 22.7. The summed E-state index contributed by atoms with van der Waals surface area (Å²) < 4.78 is 13.5. The van der Waals surface area contributed by atoms with Crippen LogP contribution < -0.4 is 19.0 Å². The van der Waals surface area contributed by atoms with Crippen molar-refractivity contribution < 1.29 is 9.22 Å². The lowest BCUT2D eigenvalue weighted by Gasteiger charge is -2.47. The Balaban J connectivity index is 1.02. The van der Waals surface area contributed by atoms with Gasteiger partial charge in [0.25, 0.3) is 6.29 Å². The first kappa shape index (κ1) is 28.9. The lowest BCUT2D eigenvalue weighted by atomic mass is 10.0. The predicted octanol–water partition coefficient (Wildman–Crippen LogP) is 11.4. The molecule has 3 unspecified atom stereocenters. The zero-order valence-corrected chi connectivity index (χ0v) is 31.0. The average molecular weight is 724 g/mol. The molecule has 7 heterocycles. The first-order chi connectivity index (χ1) is 25.9. The maximum atomic E-state index is 6.84. The Hall–Kier alpha value is -5.64. The molecule has 2 aromatic heterocycles. The van der Waals surface area contributed by atoms with Crippen LogP contribution in [0.1, 0.15) is 11.1 Å². The van der Waals surface area contributed by atoms with E-state index in [9.17, 15) is 0 Å². The minimum Gasteiger partial charge on any atom is -0.445 e. The fourth-order valence-corrected chi connectivity index (χ4v) is 12.7. The SMILES string of the molecule is CN1C(c2ccc3sc4ccccc4c3c2)=CN2c3cccc4c3[N+]3(c5c(cccc5N5C=C(c6ccc7sc8ccccc8c7c6)[N+](C)(C)C53)O4)C12. The van der Waals surface area contributed by atoms with E-state index in [4.69, 9.17) is 4.74 Å². The second kappa shape index (κ2) is 9.47. The number of quaternary nitrogens is 2. The molecule has 0 radical (unpaired) electrons. The molecule has 0 N–H and O–H groups in total. The lowest BCUT2D eigenvalue weighted by Crippen LogP contribution is -2.72. The fraction of sp³-hybridized carbons (Fsp3) is 0.111. The van der Waals surface area contributed by atoms with Gasteiger partial charge in [-0.15, -0.1) is 27.2 Å². The number of para-hydroxylation sites is 2. The quantitative estimate of drug-likeness (QED) is 0.165. The maximum Gasteiger partial charge on any atom is 0.321 e. The van der Waals surface area contributed by atoms with Crippen molar-refractivity contribution in [3.8, 4) is 11.5 Å². The largest absolute Gasteiger partial charge is 0.445 e. The molecule has 0 saturated heterocycles. The fourth-order valence-electron chi connectivity index (χ4n) is 10.5. The molecular formula is C45H33N5OS2+2. The molecule has 5 aliphatic rings. The number of benzene rings is 6. The summed E-state index contributed by atoms with van der Waals surface area (Å²) in [6, 6.07) is 44.9. The molecule has 6 aromatic carbocycles. The molecule has 0 saturated carbocycles. The molecule has 0 bridgehead atoms. The van der Waals surface area contributed by atoms with Gasteiger partial charge in [-0.1, -0.05) is 54.6 Å². The van der Waals surface area contributed by atoms with Crippen LogP contribution in [-0.4, -0.2) is 43.1 Å². The summed E-state index contributed by atoms with van der Waals surface area (Å²) >= 11 is 3.75. The molecular weight excluding hydrogens is 691 g/mol. The summed E-state index contributed by atoms with van der Waals surface area (Å²) in [6.07, 6.45) is 4.77. The zero-order chi connectivity index (χ0) is 35.0. The second-order valence-electron chi connectivity index (χ2n) is 15.4. The van der Waals surface area contributed by atoms with Crippen LogP contribution in [0.25, 0.3) is 51.7 Å². The summed E-state index contributed by atoms with van der Waals surface area (Å²) in [5.74, 6) is 1.88. The van der Waals surface area contributed by atoms with E-state index in [2.05, 4.69) is 170 Å². The molecule has 5 aliphatic heterocycles. The molecule has 8 heteroatoms. The van der Waals surface area contributed by atoms with Gasteiger partial charge in [-0.2, -0.15) is 0 Å². The Morgan fingerprint density at radius 2 is 1.13 bits per heavy atom. The van der Waals surface area contributed by atoms with Crippen LogP contribution in [0.4, 0.5) is 22.7 Å². The van der Waals surface area contributed by atoms with E-state index < -0.39 is 0 Å². The molecule has 13 rings (SSSR count). The van der Waals surface area contributed by atoms with Gasteiger partial charge in [-0.25, -0.2) is 9.38 Å². The number of rotatable bonds is 2. The zero-order valence-electron chi connectivity index (χ0n) is 29.3. The van der Waals surface area contributed by atoms with Crippen LogP contribution in [0.15, 0.2) is 134 Å². The molecule has 1 spiro atoms. The predicted molar refractivity (Wildman–Crippen MR) is 221 cm³/mol. The molecule has 254 valence electrons. The average Bonchev–Trinajstić information content (AvgIpc) is 3.99. The van der Waals surface area contributed by atoms with Crippen LogP contribution >= 0.6 is 22.7 Å². The van der Waals surface area contributed by atoms with Crippen molar-refractivity contribution in [1.29, 1.82) is 0 Å². The van der Waals surface area contributed by atoms with Gasteiger partial charge in [0, 0.05) is 64.7 Å². The van der Waals surface area contributed by atoms with Gasteiger partial charge in [0.1, 0.15) is 11.4 Å². The van der Waals surface area contributed by atoms with E-state index >= 15 is 0 Å². The Morgan fingerprint density at radius 3 is 1.79 bits per heavy atom. The van der Waals surface area contributed by atoms with E-state index in [-0.39, 0.29) is 12.6 Å². The maximum absolute atomic E-state index is 6.84. The number of nitrogens with zero attached hydrogens (tertiary/aromatic N) is 5. The van der Waals surface area contributed by atoms with E-state index in [1.807, 2.05) is 22.7 Å². The van der Waals surface area contributed by atoms with Gasteiger partial charge in [0.05, 0.1) is 26.0 Å². The highest BCUT2D eigenvalue weighted by Gasteiger charge is 2.76. The highest BCUT2D eigenvalue weighted by Crippen LogP contribution is 2.71. The van der Waals surface area contributed by atoms with E-state index in [0.29, 0.717) is 8.97 Å². The third-order valence-corrected chi connectivity index (χ3v) is 14.8. The van der Waals surface area contributed by atoms with Crippen molar-refractivity contribution in [2.75, 3.05) is 30.9 Å². The van der Waals surface area contributed by atoms with E-state index in [1.54, 1.807) is 0 Å². The topological polar surface area (TPSA) is 19.0 Å². The summed E-state index contributed by atoms with van der Waals surface area (Å²) in [5.41, 5.74) is 9.95. The minimum absolute atomic E-state index is 0.00615. The van der Waals surface area contributed by atoms with Crippen LogP contribution in [0.3, 0.4) is 0 Å². The Labute approximate surface area is 314 Å². The van der Waals surface area contributed by atoms with Crippen molar-refractivity contribution in [1.82, 2.24) is 9.38 Å². The number of ether oxygens (including phenoxy) is 1. The number of fused-ring (bicyclic) bond motifs is 10. The first-order valence-electron chi connectivity index (χ1n) is 18.2. The molecule has 0 aliphatic carbocycles. The highest BCUT2D eigenvalue weighted by atomic mass is 32.1. The van der Waals surface area contributed by atoms with Gasteiger partial charge >= 0.3 is 6.29 Å². The number of thiophene rings is 2. The summed E-state index contributed by atoms with van der Waals surface area (Å²) in [4.78, 5) is 7.64. The first-order valence-corrected chi connectivity index (χ1v) is 19.8. The smallest absolute Gasteiger partial charge is 0.321 e. The highest BCUT2D eigenvalue weighted by molar-refractivity contribution is 7.26. The standard InChI is InChI=1S/C45H33N5OS2/c1-46-34(26-18-20-40-30(22-26)28-10-4-6-16-38(28)52-40)24-47-32-12-8-14-36-42(32)50(44(46)47)43-33(13-9-15-37(43)51-36)48-25-35(49(2,3)45(48)50)27-19-21-41-31(23-27)29-11-5-7-17-39(29)53-41/h4-25,44-45H,1-3H3/q+2. The van der Waals surface area contributed by atoms with Crippen LogP contribution in [0.5, 0.6) is 11.5 Å². The number of hydrogen-bond acceptors (Lipinski definition) is 6. The Bertz CT molecular complexity index is 3030. The minimum atomic E-state index is -0.0525. The summed E-state index contributed by atoms with van der Waals surface area (Å²) in [5, 5.41) is 5.31. The van der Waals surface area contributed by atoms with Crippen molar-refractivity contribution in [2.45, 2.75) is 12.6 Å². The van der Waals surface area contributed by atoms with Crippen molar-refractivity contribution in [2.24, 2.45) is 0 Å². The van der Waals surface area contributed by atoms with Gasteiger partial charge in [-0.3, -0.25) is 4.90 Å². The monoisotopic (exact) mass is 723 g/mol. The summed E-state index contributed by atoms with van der Waals surface area (Å²) in [6.45, 7) is 0. The number of hydrogen-bond donors (Lipinski definition) is 0. The third kappa shape index (κ3) is 3.30. The van der Waals surface area contributed by atoms with E-state index in [1.165, 1.54) is 85.6 Å². The lowest BCUT2D eigenvalue weighted by molar-refractivity contribution is -0.849. The molecule has 3 atom stereocenters. The molecule has 53 heavy (non-hydrogen) atoms. The van der Waals surface area contributed by atoms with E-state index in [0.717, 1.165) is 11.5 Å². The van der Waals surface area contributed by atoms with Crippen LogP contribution in [-0.2, 0) is 0 Å². The Morgan fingerprint density at radius 1 is 0.566 bits per heavy atom. The van der Waals surface area contributed by atoms with Crippen molar-refractivity contribution in [3.05, 3.63) is 145 Å². The third-order valence-electron chi connectivity index (χ3n) is 12.5. The van der Waals surface area contributed by atoms with Gasteiger partial charge in [-0.05, 0) is 66.7 Å². The molecule has 0 fully saturated rings. The van der Waals surface area contributed by atoms with Gasteiger partial charge < -0.3 is 9.64 Å². The van der Waals surface area contributed by atoms with Crippen molar-refractivity contribution >= 4 is 97.2 Å². The Kier molecular flexibility index (Phi) is 5.16. The summed E-state index contributed by atoms with van der Waals surface area (Å²) in [7, 11) is 7.11. The van der Waals surface area contributed by atoms with Gasteiger partial charge in [0.15, 0.2) is 17.2 Å².